The van der Waals surface area contributed by atoms with Gasteiger partial charge in [-0.2, -0.15) is 0 Å². The van der Waals surface area contributed by atoms with E-state index in [4.69, 9.17) is 24.4 Å². The first-order valence-corrected chi connectivity index (χ1v) is 14.2. The molecule has 0 aromatic carbocycles. The Hall–Kier alpha value is -3.08. The molecule has 2 aliphatic rings. The summed E-state index contributed by atoms with van der Waals surface area (Å²) in [6, 6.07) is 0. The molecule has 0 saturated carbocycles. The largest absolute Gasteiger partial charge is 0.481 e. The third-order valence-corrected chi connectivity index (χ3v) is 5.73. The van der Waals surface area contributed by atoms with Crippen LogP contribution in [0.15, 0.2) is 24.3 Å². The van der Waals surface area contributed by atoms with E-state index in [9.17, 15) is 19.2 Å². The molecule has 0 spiro atoms. The van der Waals surface area contributed by atoms with E-state index < -0.39 is 29.2 Å². The Morgan fingerprint density at radius 3 is 1.59 bits per heavy atom. The highest BCUT2D eigenvalue weighted by Gasteiger charge is 2.32. The Bertz CT molecular complexity index is 872. The van der Waals surface area contributed by atoms with Crippen LogP contribution in [0.3, 0.4) is 0 Å². The highest BCUT2D eigenvalue weighted by atomic mass is 16.6. The van der Waals surface area contributed by atoms with Gasteiger partial charge in [0.25, 0.3) is 0 Å². The minimum Gasteiger partial charge on any atom is -0.481 e. The van der Waals surface area contributed by atoms with Gasteiger partial charge in [0.05, 0.1) is 18.4 Å². The molecular weight excluding hydrogens is 532 g/mol. The fraction of sp³-hybridized carbons (Fsp3) is 0.733. The number of allylic oxidation sites excluding steroid dienone is 2. The van der Waals surface area contributed by atoms with Crippen LogP contribution in [0.2, 0.25) is 0 Å². The predicted molar refractivity (Wildman–Crippen MR) is 156 cm³/mol. The lowest BCUT2D eigenvalue weighted by Crippen LogP contribution is -2.45. The lowest BCUT2D eigenvalue weighted by molar-refractivity contribution is -0.149. The van der Waals surface area contributed by atoms with Gasteiger partial charge in [-0.25, -0.2) is 9.59 Å². The maximum Gasteiger partial charge on any atom is 0.410 e. The van der Waals surface area contributed by atoms with Crippen molar-refractivity contribution in [3.63, 3.8) is 0 Å². The summed E-state index contributed by atoms with van der Waals surface area (Å²) in [7, 11) is 0. The van der Waals surface area contributed by atoms with E-state index in [1.807, 2.05) is 40.7 Å². The molecule has 2 N–H and O–H groups in total. The molecule has 2 aliphatic heterocycles. The number of carboxylic acids is 1. The topological polar surface area (TPSA) is 143 Å². The fourth-order valence-corrected chi connectivity index (χ4v) is 3.78. The smallest absolute Gasteiger partial charge is 0.410 e. The summed E-state index contributed by atoms with van der Waals surface area (Å²) in [4.78, 5) is 49.5. The second kappa shape index (κ2) is 19.1. The van der Waals surface area contributed by atoms with Crippen LogP contribution in [0.5, 0.6) is 0 Å². The molecule has 2 fully saturated rings. The number of carbonyl (C=O) groups excluding carboxylic acids is 3. The summed E-state index contributed by atoms with van der Waals surface area (Å²) in [5.74, 6) is -1.78. The molecule has 0 aromatic rings. The number of amides is 2. The number of rotatable bonds is 5. The number of aliphatic hydroxyl groups is 1. The number of hydrogen-bond donors (Lipinski definition) is 2. The van der Waals surface area contributed by atoms with Crippen LogP contribution in [0, 0.1) is 11.8 Å². The number of ether oxygens (including phenoxy) is 3. The van der Waals surface area contributed by atoms with Crippen molar-refractivity contribution in [1.29, 1.82) is 0 Å². The molecule has 11 nitrogen and oxygen atoms in total. The molecule has 0 aromatic heterocycles. The van der Waals surface area contributed by atoms with E-state index in [-0.39, 0.29) is 37.7 Å². The zero-order chi connectivity index (χ0) is 31.6. The number of nitrogens with zero attached hydrogens (tertiary/aromatic N) is 2. The van der Waals surface area contributed by atoms with Crippen molar-refractivity contribution < 1.29 is 43.6 Å². The third kappa shape index (κ3) is 18.1. The lowest BCUT2D eigenvalue weighted by atomic mass is 9.98. The van der Waals surface area contributed by atoms with E-state index in [2.05, 4.69) is 0 Å². The summed E-state index contributed by atoms with van der Waals surface area (Å²) >= 11 is 0. The van der Waals surface area contributed by atoms with Crippen molar-refractivity contribution in [3.8, 4) is 0 Å². The number of piperidine rings is 2. The zero-order valence-electron chi connectivity index (χ0n) is 26.2. The van der Waals surface area contributed by atoms with Crippen molar-refractivity contribution in [2.45, 2.75) is 92.3 Å². The lowest BCUT2D eigenvalue weighted by Gasteiger charge is -2.33. The van der Waals surface area contributed by atoms with Crippen LogP contribution in [0.25, 0.3) is 0 Å². The van der Waals surface area contributed by atoms with Crippen LogP contribution in [-0.2, 0) is 23.8 Å². The van der Waals surface area contributed by atoms with Crippen molar-refractivity contribution >= 4 is 24.1 Å². The minimum absolute atomic E-state index is 0.163. The zero-order valence-corrected chi connectivity index (χ0v) is 26.2. The van der Waals surface area contributed by atoms with E-state index >= 15 is 0 Å². The Morgan fingerprint density at radius 1 is 0.780 bits per heavy atom. The highest BCUT2D eigenvalue weighted by molar-refractivity contribution is 5.75. The summed E-state index contributed by atoms with van der Waals surface area (Å²) < 4.78 is 15.7. The molecule has 2 atom stereocenters. The molecule has 0 radical (unpaired) electrons. The van der Waals surface area contributed by atoms with Gasteiger partial charge >= 0.3 is 24.1 Å². The number of hydrogen-bond acceptors (Lipinski definition) is 8. The molecule has 0 bridgehead atoms. The van der Waals surface area contributed by atoms with Crippen molar-refractivity contribution in [2.24, 2.45) is 11.8 Å². The monoisotopic (exact) mass is 584 g/mol. The molecule has 11 heteroatoms. The van der Waals surface area contributed by atoms with Crippen molar-refractivity contribution in [1.82, 2.24) is 9.80 Å². The maximum atomic E-state index is 12.0. The number of carboxylic acid groups (broad SMARTS) is 1. The molecule has 2 heterocycles. The van der Waals surface area contributed by atoms with Gasteiger partial charge in [0.15, 0.2) is 0 Å². The molecule has 236 valence electrons. The van der Waals surface area contributed by atoms with Crippen LogP contribution in [0.1, 0.15) is 81.1 Å². The van der Waals surface area contributed by atoms with Gasteiger partial charge in [0.2, 0.25) is 0 Å². The molecule has 2 saturated heterocycles. The van der Waals surface area contributed by atoms with Crippen LogP contribution in [0.4, 0.5) is 9.59 Å². The second-order valence-corrected chi connectivity index (χ2v) is 11.8. The first kappa shape index (κ1) is 37.9. The predicted octanol–water partition coefficient (Wildman–Crippen LogP) is 5.03. The molecule has 41 heavy (non-hydrogen) atoms. The average Bonchev–Trinajstić information content (AvgIpc) is 2.88. The molecule has 0 aliphatic carbocycles. The molecule has 2 unspecified atom stereocenters. The van der Waals surface area contributed by atoms with Gasteiger partial charge in [0.1, 0.15) is 17.8 Å². The third-order valence-electron chi connectivity index (χ3n) is 5.73. The second-order valence-electron chi connectivity index (χ2n) is 11.8. The Balaban J connectivity index is 0.000000681. The highest BCUT2D eigenvalue weighted by Crippen LogP contribution is 2.21. The first-order valence-electron chi connectivity index (χ1n) is 14.2. The number of aliphatic carboxylic acids is 1. The van der Waals surface area contributed by atoms with Gasteiger partial charge in [-0.15, -0.1) is 0 Å². The summed E-state index contributed by atoms with van der Waals surface area (Å²) in [5, 5.41) is 16.9. The van der Waals surface area contributed by atoms with Crippen molar-refractivity contribution in [3.05, 3.63) is 24.3 Å². The average molecular weight is 585 g/mol. The van der Waals surface area contributed by atoms with Gasteiger partial charge < -0.3 is 34.2 Å². The Kier molecular flexibility index (Phi) is 17.7. The number of likely N-dealkylation sites (tertiary alicyclic amines) is 2. The van der Waals surface area contributed by atoms with Gasteiger partial charge in [-0.05, 0) is 81.1 Å². The first-order chi connectivity index (χ1) is 19.0. The van der Waals surface area contributed by atoms with Gasteiger partial charge in [0, 0.05) is 26.2 Å². The maximum absolute atomic E-state index is 12.0. The molecular formula is C30H52N2O9. The quantitative estimate of drug-likeness (QED) is 0.258. The summed E-state index contributed by atoms with van der Waals surface area (Å²) in [5.41, 5.74) is -1.05. The number of aliphatic hydroxyl groups excluding tert-OH is 1. The van der Waals surface area contributed by atoms with Gasteiger partial charge in [-0.1, -0.05) is 24.3 Å². The minimum atomic E-state index is -0.840. The van der Waals surface area contributed by atoms with E-state index in [0.29, 0.717) is 26.1 Å². The standard InChI is InChI=1S/C15H25NO4.C11H19NO4.C4H8O/c1-5-6-10-19-13(17)12-8-7-9-16(11-12)14(18)20-15(2,3)4;1-11(2,3)16-10(15)12-6-4-5-8(7-12)9(13)14;1-2-3-4-5/h5-6,12H,7-11H2,1-4H3;8H,4-7H2,1-3H3,(H,13,14);2-3,5H,4H2,1H3/b6-5+;;3-2+. The Morgan fingerprint density at radius 2 is 1.22 bits per heavy atom. The summed E-state index contributed by atoms with van der Waals surface area (Å²) in [6.45, 7) is 16.9. The van der Waals surface area contributed by atoms with Gasteiger partial charge in [-0.3, -0.25) is 9.59 Å². The van der Waals surface area contributed by atoms with Crippen LogP contribution < -0.4 is 0 Å². The Labute approximate surface area is 245 Å². The normalized spacial score (nSPS) is 19.4. The number of esters is 1. The summed E-state index contributed by atoms with van der Waals surface area (Å²) in [6.07, 6.45) is 9.23. The van der Waals surface area contributed by atoms with Crippen molar-refractivity contribution in [2.75, 3.05) is 39.4 Å². The van der Waals surface area contributed by atoms with E-state index in [1.54, 1.807) is 43.9 Å². The molecule has 2 rings (SSSR count). The SMILES string of the molecule is C/C=C/CO.C/C=C/COC(=O)C1CCCN(C(=O)OC(C)(C)C)C1.CC(C)(C)OC(=O)N1CCCC(C(=O)O)C1. The van der Waals surface area contributed by atoms with Crippen LogP contribution >= 0.6 is 0 Å². The fourth-order valence-electron chi connectivity index (χ4n) is 3.78. The van der Waals surface area contributed by atoms with Crippen LogP contribution in [-0.4, -0.2) is 94.7 Å². The number of carbonyl (C=O) groups is 4. The van der Waals surface area contributed by atoms with E-state index in [1.165, 1.54) is 4.90 Å². The molecule has 2 amide bonds. The van der Waals surface area contributed by atoms with E-state index in [0.717, 1.165) is 19.3 Å².